The molecule has 5 rings (SSSR count). The monoisotopic (exact) mass is 423 g/mol. The number of ether oxygens (including phenoxy) is 1. The van der Waals surface area contributed by atoms with Crippen LogP contribution in [-0.2, 0) is 11.3 Å². The van der Waals surface area contributed by atoms with E-state index in [1.54, 1.807) is 24.4 Å². The fraction of sp³-hybridized carbons (Fsp3) is 0.238. The van der Waals surface area contributed by atoms with E-state index in [0.29, 0.717) is 60.1 Å². The lowest BCUT2D eigenvalue weighted by Crippen LogP contribution is -2.36. The van der Waals surface area contributed by atoms with Gasteiger partial charge in [0.25, 0.3) is 0 Å². The van der Waals surface area contributed by atoms with Crippen LogP contribution >= 0.6 is 0 Å². The summed E-state index contributed by atoms with van der Waals surface area (Å²) in [6.45, 7) is 2.74. The minimum atomic E-state index is -0.517. The molecule has 1 aromatic carbocycles. The van der Waals surface area contributed by atoms with Gasteiger partial charge in [-0.05, 0) is 12.1 Å². The van der Waals surface area contributed by atoms with Crippen molar-refractivity contribution in [2.24, 2.45) is 0 Å². The van der Waals surface area contributed by atoms with E-state index in [1.165, 1.54) is 16.8 Å². The van der Waals surface area contributed by atoms with Crippen LogP contribution in [0.2, 0.25) is 0 Å². The average molecular weight is 423 g/mol. The van der Waals surface area contributed by atoms with Crippen molar-refractivity contribution in [3.63, 3.8) is 0 Å². The molecule has 0 amide bonds. The SMILES string of the molecule is Nc1nc(-c2nn(Cc3ccccc3F)c3ncc(F)cc23)ncc1N1CCOCC1. The number of nitrogens with two attached hydrogens (primary N) is 1. The summed E-state index contributed by atoms with van der Waals surface area (Å²) >= 11 is 0. The van der Waals surface area contributed by atoms with E-state index >= 15 is 0 Å². The molecule has 0 radical (unpaired) electrons. The molecule has 0 atom stereocenters. The maximum atomic E-state index is 14.2. The molecule has 0 spiro atoms. The molecule has 2 N–H and O–H groups in total. The number of nitrogen functional groups attached to an aromatic ring is 1. The Labute approximate surface area is 176 Å². The van der Waals surface area contributed by atoms with Gasteiger partial charge < -0.3 is 15.4 Å². The van der Waals surface area contributed by atoms with E-state index in [9.17, 15) is 8.78 Å². The number of hydrogen-bond donors (Lipinski definition) is 1. The van der Waals surface area contributed by atoms with Crippen LogP contribution < -0.4 is 10.6 Å². The molecule has 158 valence electrons. The van der Waals surface area contributed by atoms with Crippen molar-refractivity contribution >= 4 is 22.5 Å². The first-order chi connectivity index (χ1) is 15.1. The van der Waals surface area contributed by atoms with E-state index in [4.69, 9.17) is 10.5 Å². The molecule has 8 nitrogen and oxygen atoms in total. The molecule has 10 heteroatoms. The van der Waals surface area contributed by atoms with Crippen molar-refractivity contribution in [1.29, 1.82) is 0 Å². The molecule has 1 saturated heterocycles. The van der Waals surface area contributed by atoms with Gasteiger partial charge in [0, 0.05) is 18.7 Å². The summed E-state index contributed by atoms with van der Waals surface area (Å²) in [5, 5.41) is 4.95. The van der Waals surface area contributed by atoms with E-state index in [0.717, 1.165) is 6.20 Å². The Morgan fingerprint density at radius 1 is 1.06 bits per heavy atom. The maximum absolute atomic E-state index is 14.2. The third kappa shape index (κ3) is 3.66. The summed E-state index contributed by atoms with van der Waals surface area (Å²) in [4.78, 5) is 15.1. The highest BCUT2D eigenvalue weighted by Crippen LogP contribution is 2.29. The molecular formula is C21H19F2N7O. The van der Waals surface area contributed by atoms with E-state index in [2.05, 4.69) is 25.0 Å². The van der Waals surface area contributed by atoms with Gasteiger partial charge in [0.05, 0.1) is 43.2 Å². The average Bonchev–Trinajstić information content (AvgIpc) is 3.13. The molecule has 1 aliphatic heterocycles. The number of nitrogens with zero attached hydrogens (tertiary/aromatic N) is 6. The van der Waals surface area contributed by atoms with Crippen molar-refractivity contribution in [1.82, 2.24) is 24.7 Å². The van der Waals surface area contributed by atoms with Crippen molar-refractivity contribution in [2.75, 3.05) is 36.9 Å². The predicted octanol–water partition coefficient (Wildman–Crippen LogP) is 2.63. The third-order valence-corrected chi connectivity index (χ3v) is 5.19. The smallest absolute Gasteiger partial charge is 0.182 e. The Hall–Kier alpha value is -3.66. The highest BCUT2D eigenvalue weighted by atomic mass is 19.1. The lowest BCUT2D eigenvalue weighted by atomic mass is 10.2. The van der Waals surface area contributed by atoms with Gasteiger partial charge in [0.15, 0.2) is 17.3 Å². The highest BCUT2D eigenvalue weighted by molar-refractivity contribution is 5.89. The Kier molecular flexibility index (Phi) is 4.91. The Bertz CT molecular complexity index is 1250. The minimum absolute atomic E-state index is 0.128. The van der Waals surface area contributed by atoms with Gasteiger partial charge in [-0.15, -0.1) is 0 Å². The zero-order chi connectivity index (χ0) is 21.4. The van der Waals surface area contributed by atoms with Crippen LogP contribution in [0.1, 0.15) is 5.56 Å². The van der Waals surface area contributed by atoms with Crippen LogP contribution in [0, 0.1) is 11.6 Å². The molecule has 0 unspecified atom stereocenters. The summed E-state index contributed by atoms with van der Waals surface area (Å²) in [6, 6.07) is 7.72. The molecule has 1 fully saturated rings. The van der Waals surface area contributed by atoms with E-state index in [1.807, 2.05) is 0 Å². The second-order valence-electron chi connectivity index (χ2n) is 7.19. The lowest BCUT2D eigenvalue weighted by molar-refractivity contribution is 0.122. The maximum Gasteiger partial charge on any atom is 0.182 e. The zero-order valence-electron chi connectivity index (χ0n) is 16.5. The van der Waals surface area contributed by atoms with Gasteiger partial charge in [-0.2, -0.15) is 5.10 Å². The Morgan fingerprint density at radius 3 is 2.65 bits per heavy atom. The number of halogens is 2. The number of fused-ring (bicyclic) bond motifs is 1. The molecule has 4 aromatic rings. The molecule has 4 heterocycles. The zero-order valence-corrected chi connectivity index (χ0v) is 16.5. The summed E-state index contributed by atoms with van der Waals surface area (Å²) in [5.41, 5.74) is 8.09. The van der Waals surface area contributed by atoms with Crippen LogP contribution in [0.4, 0.5) is 20.3 Å². The number of pyridine rings is 1. The fourth-order valence-corrected chi connectivity index (χ4v) is 3.65. The normalized spacial score (nSPS) is 14.3. The van der Waals surface area contributed by atoms with Crippen molar-refractivity contribution in [2.45, 2.75) is 6.54 Å². The minimum Gasteiger partial charge on any atom is -0.382 e. The largest absolute Gasteiger partial charge is 0.382 e. The first-order valence-corrected chi connectivity index (χ1v) is 9.81. The van der Waals surface area contributed by atoms with Crippen molar-refractivity contribution in [3.05, 3.63) is 59.9 Å². The van der Waals surface area contributed by atoms with Crippen LogP contribution in [0.15, 0.2) is 42.7 Å². The quantitative estimate of drug-likeness (QED) is 0.539. The lowest BCUT2D eigenvalue weighted by Gasteiger charge is -2.29. The van der Waals surface area contributed by atoms with Gasteiger partial charge in [0.2, 0.25) is 0 Å². The third-order valence-electron chi connectivity index (χ3n) is 5.19. The van der Waals surface area contributed by atoms with Gasteiger partial charge in [-0.3, -0.25) is 0 Å². The number of hydrogen-bond acceptors (Lipinski definition) is 7. The van der Waals surface area contributed by atoms with Crippen molar-refractivity contribution < 1.29 is 13.5 Å². The van der Waals surface area contributed by atoms with Gasteiger partial charge in [0.1, 0.15) is 17.3 Å². The topological polar surface area (TPSA) is 95.0 Å². The fourth-order valence-electron chi connectivity index (χ4n) is 3.65. The molecule has 31 heavy (non-hydrogen) atoms. The second kappa shape index (κ2) is 7.88. The number of benzene rings is 1. The summed E-state index contributed by atoms with van der Waals surface area (Å²) in [6.07, 6.45) is 2.74. The van der Waals surface area contributed by atoms with Gasteiger partial charge >= 0.3 is 0 Å². The number of rotatable bonds is 4. The van der Waals surface area contributed by atoms with E-state index in [-0.39, 0.29) is 18.2 Å². The van der Waals surface area contributed by atoms with Crippen LogP contribution in [-0.4, -0.2) is 51.0 Å². The van der Waals surface area contributed by atoms with E-state index < -0.39 is 5.82 Å². The Balaban J connectivity index is 1.57. The molecular weight excluding hydrogens is 404 g/mol. The van der Waals surface area contributed by atoms with Gasteiger partial charge in [-0.1, -0.05) is 18.2 Å². The number of anilines is 2. The summed E-state index contributed by atoms with van der Waals surface area (Å²) in [7, 11) is 0. The molecule has 0 saturated carbocycles. The molecule has 1 aliphatic rings. The predicted molar refractivity (Wildman–Crippen MR) is 111 cm³/mol. The summed E-state index contributed by atoms with van der Waals surface area (Å²) in [5.74, 6) is -0.325. The Morgan fingerprint density at radius 2 is 1.87 bits per heavy atom. The molecule has 0 bridgehead atoms. The first kappa shape index (κ1) is 19.3. The van der Waals surface area contributed by atoms with Crippen LogP contribution in [0.5, 0.6) is 0 Å². The van der Waals surface area contributed by atoms with Crippen LogP contribution in [0.25, 0.3) is 22.6 Å². The summed E-state index contributed by atoms with van der Waals surface area (Å²) < 4.78 is 35.0. The molecule has 0 aliphatic carbocycles. The standard InChI is InChI=1S/C21H19F2N7O/c22-14-9-15-18(20-25-11-17(19(24)27-20)29-5-7-31-8-6-29)28-30(21(15)26-10-14)12-13-3-1-2-4-16(13)23/h1-4,9-11H,5-8,12H2,(H2,24,25,27). The second-order valence-corrected chi connectivity index (χ2v) is 7.19. The number of morpholine rings is 1. The number of aromatic nitrogens is 5. The van der Waals surface area contributed by atoms with Crippen molar-refractivity contribution in [3.8, 4) is 11.5 Å². The first-order valence-electron chi connectivity index (χ1n) is 9.81. The van der Waals surface area contributed by atoms with Gasteiger partial charge in [-0.25, -0.2) is 28.4 Å². The van der Waals surface area contributed by atoms with Crippen LogP contribution in [0.3, 0.4) is 0 Å². The highest BCUT2D eigenvalue weighted by Gasteiger charge is 2.20. The molecule has 3 aromatic heterocycles.